The molecule has 5 nitrogen and oxygen atoms in total. The number of hydrogen-bond donors (Lipinski definition) is 1. The SMILES string of the molecule is Cl.Cn1ccc2c(Nc3ccc(Cl)cc3Cl)ncc(C(=O)N3CCCC3)c21. The van der Waals surface area contributed by atoms with E-state index < -0.39 is 0 Å². The molecule has 3 aromatic rings. The zero-order valence-electron chi connectivity index (χ0n) is 14.7. The summed E-state index contributed by atoms with van der Waals surface area (Å²) in [5.74, 6) is 0.695. The zero-order valence-corrected chi connectivity index (χ0v) is 17.0. The van der Waals surface area contributed by atoms with Crippen LogP contribution in [-0.4, -0.2) is 33.4 Å². The summed E-state index contributed by atoms with van der Waals surface area (Å²) < 4.78 is 1.95. The van der Waals surface area contributed by atoms with Crippen LogP contribution >= 0.6 is 35.6 Å². The number of fused-ring (bicyclic) bond motifs is 1. The molecule has 4 rings (SSSR count). The fourth-order valence-corrected chi connectivity index (χ4v) is 3.84. The van der Waals surface area contributed by atoms with E-state index in [2.05, 4.69) is 10.3 Å². The molecule has 0 aliphatic carbocycles. The van der Waals surface area contributed by atoms with Crippen LogP contribution < -0.4 is 5.32 Å². The molecule has 1 aromatic carbocycles. The minimum absolute atomic E-state index is 0. The topological polar surface area (TPSA) is 50.2 Å². The molecule has 1 aliphatic rings. The number of pyridine rings is 1. The van der Waals surface area contributed by atoms with Gasteiger partial charge in [-0.2, -0.15) is 0 Å². The molecule has 1 amide bonds. The lowest BCUT2D eigenvalue weighted by molar-refractivity contribution is 0.0794. The number of nitrogens with one attached hydrogen (secondary N) is 1. The van der Waals surface area contributed by atoms with Gasteiger partial charge in [0, 0.05) is 42.9 Å². The van der Waals surface area contributed by atoms with E-state index in [4.69, 9.17) is 23.2 Å². The van der Waals surface area contributed by atoms with Gasteiger partial charge in [-0.1, -0.05) is 23.2 Å². The molecule has 0 saturated carbocycles. The highest BCUT2D eigenvalue weighted by molar-refractivity contribution is 6.36. The summed E-state index contributed by atoms with van der Waals surface area (Å²) in [5.41, 5.74) is 2.21. The van der Waals surface area contributed by atoms with Crippen LogP contribution in [0.25, 0.3) is 10.9 Å². The highest BCUT2D eigenvalue weighted by Gasteiger charge is 2.24. The van der Waals surface area contributed by atoms with Crippen molar-refractivity contribution in [2.45, 2.75) is 12.8 Å². The number of likely N-dealkylation sites (tertiary alicyclic amines) is 1. The van der Waals surface area contributed by atoms with E-state index in [0.717, 1.165) is 36.8 Å². The van der Waals surface area contributed by atoms with Gasteiger partial charge in [-0.25, -0.2) is 4.98 Å². The third-order valence-electron chi connectivity index (χ3n) is 4.71. The van der Waals surface area contributed by atoms with Gasteiger partial charge < -0.3 is 14.8 Å². The van der Waals surface area contributed by atoms with Crippen molar-refractivity contribution in [2.75, 3.05) is 18.4 Å². The van der Waals surface area contributed by atoms with E-state index in [-0.39, 0.29) is 18.3 Å². The first kappa shape index (κ1) is 19.8. The molecule has 8 heteroatoms. The van der Waals surface area contributed by atoms with E-state index in [1.165, 1.54) is 0 Å². The lowest BCUT2D eigenvalue weighted by atomic mass is 10.1. The first-order chi connectivity index (χ1) is 12.5. The van der Waals surface area contributed by atoms with Crippen molar-refractivity contribution in [3.05, 3.63) is 52.3 Å². The van der Waals surface area contributed by atoms with Crippen LogP contribution in [-0.2, 0) is 7.05 Å². The fourth-order valence-electron chi connectivity index (χ4n) is 3.38. The Labute approximate surface area is 173 Å². The van der Waals surface area contributed by atoms with Gasteiger partial charge in [0.05, 0.1) is 21.8 Å². The standard InChI is InChI=1S/C19H18Cl2N4O.ClH/c1-24-9-6-13-17(24)14(19(26)25-7-2-3-8-25)11-22-18(13)23-16-5-4-12(20)10-15(16)21;/h4-6,9-11H,2-3,7-8H2,1H3,(H,22,23);1H. The monoisotopic (exact) mass is 424 g/mol. The molecule has 2 aromatic heterocycles. The maximum absolute atomic E-state index is 12.9. The molecule has 0 atom stereocenters. The minimum Gasteiger partial charge on any atom is -0.350 e. The number of carbonyl (C=O) groups is 1. The number of aryl methyl sites for hydroxylation is 1. The average Bonchev–Trinajstić information content (AvgIpc) is 3.28. The second-order valence-electron chi connectivity index (χ2n) is 6.46. The first-order valence-electron chi connectivity index (χ1n) is 8.50. The summed E-state index contributed by atoms with van der Waals surface area (Å²) in [6.07, 6.45) is 5.70. The first-order valence-corrected chi connectivity index (χ1v) is 9.25. The lowest BCUT2D eigenvalue weighted by Gasteiger charge is -2.17. The van der Waals surface area contributed by atoms with Gasteiger partial charge in [0.1, 0.15) is 5.82 Å². The van der Waals surface area contributed by atoms with Crippen LogP contribution in [0.5, 0.6) is 0 Å². The summed E-state index contributed by atoms with van der Waals surface area (Å²) >= 11 is 12.2. The molecule has 142 valence electrons. The van der Waals surface area contributed by atoms with Gasteiger partial charge in [-0.05, 0) is 37.1 Å². The molecule has 1 aliphatic heterocycles. The molecule has 0 spiro atoms. The molecule has 1 N–H and O–H groups in total. The Hall–Kier alpha value is -1.95. The predicted octanol–water partition coefficient (Wildman–Crippen LogP) is 5.28. The summed E-state index contributed by atoms with van der Waals surface area (Å²) in [4.78, 5) is 19.3. The Balaban J connectivity index is 0.00000210. The maximum Gasteiger partial charge on any atom is 0.257 e. The average molecular weight is 426 g/mol. The van der Waals surface area contributed by atoms with Gasteiger partial charge in [0.2, 0.25) is 0 Å². The molecule has 3 heterocycles. The number of nitrogens with zero attached hydrogens (tertiary/aromatic N) is 3. The summed E-state index contributed by atoms with van der Waals surface area (Å²) in [6.45, 7) is 1.62. The number of anilines is 2. The largest absolute Gasteiger partial charge is 0.350 e. The molecular formula is C19H19Cl3N4O. The Morgan fingerprint density at radius 1 is 1.19 bits per heavy atom. The molecule has 0 radical (unpaired) electrons. The number of hydrogen-bond acceptors (Lipinski definition) is 3. The van der Waals surface area contributed by atoms with Crippen molar-refractivity contribution in [2.24, 2.45) is 7.05 Å². The van der Waals surface area contributed by atoms with Crippen LogP contribution in [0.15, 0.2) is 36.7 Å². The van der Waals surface area contributed by atoms with Gasteiger partial charge in [-0.3, -0.25) is 4.79 Å². The van der Waals surface area contributed by atoms with Crippen molar-refractivity contribution in [1.82, 2.24) is 14.5 Å². The molecule has 0 unspecified atom stereocenters. The van der Waals surface area contributed by atoms with Gasteiger partial charge in [0.25, 0.3) is 5.91 Å². The Bertz CT molecular complexity index is 996. The van der Waals surface area contributed by atoms with E-state index >= 15 is 0 Å². The minimum atomic E-state index is 0. The van der Waals surface area contributed by atoms with E-state index in [0.29, 0.717) is 27.1 Å². The van der Waals surface area contributed by atoms with E-state index in [9.17, 15) is 4.79 Å². The maximum atomic E-state index is 12.9. The Kier molecular flexibility index (Phi) is 5.84. The number of rotatable bonds is 3. The molecule has 1 fully saturated rings. The predicted molar refractivity (Wildman–Crippen MR) is 113 cm³/mol. The number of benzene rings is 1. The number of carbonyl (C=O) groups excluding carboxylic acids is 1. The van der Waals surface area contributed by atoms with Crippen molar-refractivity contribution < 1.29 is 4.79 Å². The van der Waals surface area contributed by atoms with Crippen molar-refractivity contribution in [1.29, 1.82) is 0 Å². The highest BCUT2D eigenvalue weighted by atomic mass is 35.5. The smallest absolute Gasteiger partial charge is 0.257 e. The van der Waals surface area contributed by atoms with Crippen LogP contribution in [0.1, 0.15) is 23.2 Å². The summed E-state index contributed by atoms with van der Waals surface area (Å²) in [5, 5.41) is 5.22. The Morgan fingerprint density at radius 3 is 2.63 bits per heavy atom. The number of halogens is 3. The zero-order chi connectivity index (χ0) is 18.3. The summed E-state index contributed by atoms with van der Waals surface area (Å²) in [7, 11) is 1.93. The van der Waals surface area contributed by atoms with E-state index in [1.807, 2.05) is 34.8 Å². The highest BCUT2D eigenvalue weighted by Crippen LogP contribution is 2.32. The molecule has 1 saturated heterocycles. The second-order valence-corrected chi connectivity index (χ2v) is 7.30. The fraction of sp³-hybridized carbons (Fsp3) is 0.263. The molecule has 0 bridgehead atoms. The van der Waals surface area contributed by atoms with Gasteiger partial charge in [0.15, 0.2) is 0 Å². The van der Waals surface area contributed by atoms with Gasteiger partial charge in [-0.15, -0.1) is 12.4 Å². The third kappa shape index (κ3) is 3.72. The second kappa shape index (κ2) is 7.97. The van der Waals surface area contributed by atoms with Crippen LogP contribution in [0.3, 0.4) is 0 Å². The van der Waals surface area contributed by atoms with Crippen LogP contribution in [0, 0.1) is 0 Å². The lowest BCUT2D eigenvalue weighted by Crippen LogP contribution is -2.28. The quantitative estimate of drug-likeness (QED) is 0.621. The normalized spacial score (nSPS) is 13.7. The van der Waals surface area contributed by atoms with Crippen LogP contribution in [0.2, 0.25) is 10.0 Å². The molecule has 27 heavy (non-hydrogen) atoms. The van der Waals surface area contributed by atoms with E-state index in [1.54, 1.807) is 18.3 Å². The van der Waals surface area contributed by atoms with Crippen molar-refractivity contribution in [3.8, 4) is 0 Å². The molecular weight excluding hydrogens is 407 g/mol. The van der Waals surface area contributed by atoms with Gasteiger partial charge >= 0.3 is 0 Å². The third-order valence-corrected chi connectivity index (χ3v) is 5.26. The van der Waals surface area contributed by atoms with Crippen molar-refractivity contribution in [3.63, 3.8) is 0 Å². The number of amides is 1. The summed E-state index contributed by atoms with van der Waals surface area (Å²) in [6, 6.07) is 7.21. The van der Waals surface area contributed by atoms with Crippen LogP contribution in [0.4, 0.5) is 11.5 Å². The number of aromatic nitrogens is 2. The van der Waals surface area contributed by atoms with Crippen molar-refractivity contribution >= 4 is 63.9 Å². The Morgan fingerprint density at radius 2 is 1.93 bits per heavy atom.